The van der Waals surface area contributed by atoms with Crippen molar-refractivity contribution in [3.05, 3.63) is 30.3 Å². The van der Waals surface area contributed by atoms with Crippen molar-refractivity contribution in [2.75, 3.05) is 18.4 Å². The van der Waals surface area contributed by atoms with Crippen LogP contribution in [-0.2, 0) is 0 Å². The summed E-state index contributed by atoms with van der Waals surface area (Å²) in [6.45, 7) is 16.9. The van der Waals surface area contributed by atoms with Crippen LogP contribution in [0.25, 0.3) is 0 Å². The van der Waals surface area contributed by atoms with Crippen LogP contribution < -0.4 is 5.32 Å². The molecule has 102 valence electrons. The third kappa shape index (κ3) is 4.96. The molecule has 1 N–H and O–H groups in total. The molecule has 0 aromatic heterocycles. The molecule has 0 aliphatic rings. The van der Waals surface area contributed by atoms with E-state index in [9.17, 15) is 0 Å². The molecule has 0 bridgehead atoms. The van der Waals surface area contributed by atoms with Crippen LogP contribution in [0.4, 0.5) is 5.69 Å². The highest BCUT2D eigenvalue weighted by Gasteiger charge is 2.33. The van der Waals surface area contributed by atoms with Crippen LogP contribution in [0.2, 0.25) is 39.3 Å². The molecule has 0 amide bonds. The fourth-order valence-corrected chi connectivity index (χ4v) is 12.2. The Hall–Kier alpha value is -0.586. The third-order valence-electron chi connectivity index (χ3n) is 3.06. The number of hydrogen-bond donors (Lipinski definition) is 1. The molecule has 0 fully saturated rings. The summed E-state index contributed by atoms with van der Waals surface area (Å²) >= 11 is 0. The van der Waals surface area contributed by atoms with Gasteiger partial charge in [-0.1, -0.05) is 57.5 Å². The molecule has 0 saturated carbocycles. The van der Waals surface area contributed by atoms with Gasteiger partial charge in [-0.25, -0.2) is 0 Å². The van der Waals surface area contributed by atoms with Crippen LogP contribution in [0.15, 0.2) is 30.3 Å². The van der Waals surface area contributed by atoms with Crippen molar-refractivity contribution in [2.24, 2.45) is 0 Å². The van der Waals surface area contributed by atoms with Crippen molar-refractivity contribution in [1.82, 2.24) is 4.23 Å². The van der Waals surface area contributed by atoms with E-state index in [1.165, 1.54) is 12.2 Å². The Labute approximate surface area is 115 Å². The van der Waals surface area contributed by atoms with Gasteiger partial charge < -0.3 is 9.55 Å². The number of nitrogens with zero attached hydrogens (tertiary/aromatic N) is 1. The summed E-state index contributed by atoms with van der Waals surface area (Å²) in [6.07, 6.45) is 0. The van der Waals surface area contributed by atoms with E-state index < -0.39 is 16.5 Å². The second kappa shape index (κ2) is 6.04. The molecule has 0 aliphatic heterocycles. The van der Waals surface area contributed by atoms with E-state index in [2.05, 4.69) is 79.2 Å². The Balaban J connectivity index is 2.54. The maximum absolute atomic E-state index is 3.52. The number of para-hydroxylation sites is 1. The first-order chi connectivity index (χ1) is 8.21. The quantitative estimate of drug-likeness (QED) is 0.790. The van der Waals surface area contributed by atoms with Gasteiger partial charge in [0, 0.05) is 18.8 Å². The van der Waals surface area contributed by atoms with Gasteiger partial charge in [-0.2, -0.15) is 0 Å². The van der Waals surface area contributed by atoms with E-state index in [0.29, 0.717) is 0 Å². The van der Waals surface area contributed by atoms with Crippen LogP contribution in [0.5, 0.6) is 0 Å². The zero-order valence-corrected chi connectivity index (χ0v) is 14.7. The lowest BCUT2D eigenvalue weighted by molar-refractivity contribution is 0.632. The van der Waals surface area contributed by atoms with Gasteiger partial charge in [0.05, 0.1) is 0 Å². The molecule has 4 heteroatoms. The van der Waals surface area contributed by atoms with Crippen LogP contribution in [0.1, 0.15) is 0 Å². The van der Waals surface area contributed by atoms with Gasteiger partial charge in [0.1, 0.15) is 16.5 Å². The summed E-state index contributed by atoms with van der Waals surface area (Å²) in [6, 6.07) is 10.5. The average molecular weight is 281 g/mol. The predicted molar refractivity (Wildman–Crippen MR) is 88.3 cm³/mol. The molecule has 0 unspecified atom stereocenters. The highest BCUT2D eigenvalue weighted by Crippen LogP contribution is 2.19. The summed E-state index contributed by atoms with van der Waals surface area (Å²) < 4.78 is 2.82. The molecule has 1 rings (SSSR count). The fourth-order valence-electron chi connectivity index (χ4n) is 2.55. The van der Waals surface area contributed by atoms with Gasteiger partial charge in [-0.3, -0.25) is 0 Å². The highest BCUT2D eigenvalue weighted by atomic mass is 28.4. The number of hydrogen-bond acceptors (Lipinski definition) is 2. The average Bonchev–Trinajstić information content (AvgIpc) is 2.22. The van der Waals surface area contributed by atoms with Gasteiger partial charge in [0.25, 0.3) is 0 Å². The lowest BCUT2D eigenvalue weighted by Gasteiger charge is -2.43. The summed E-state index contributed by atoms with van der Waals surface area (Å²) in [5.41, 5.74) is 1.23. The van der Waals surface area contributed by atoms with Crippen molar-refractivity contribution in [3.8, 4) is 0 Å². The number of nitrogens with one attached hydrogen (secondary N) is 1. The standard InChI is InChI=1S/C14H28N2Si2/c1-17(2,3)16(18(4,5)6)13-12-15-14-10-8-7-9-11-14/h7-11,15H,12-13H2,1-6H3. The number of anilines is 1. The Morgan fingerprint density at radius 2 is 1.39 bits per heavy atom. The van der Waals surface area contributed by atoms with E-state index in [-0.39, 0.29) is 0 Å². The molecular formula is C14H28N2Si2. The summed E-state index contributed by atoms with van der Waals surface area (Å²) in [7, 11) is -2.41. The van der Waals surface area contributed by atoms with E-state index in [0.717, 1.165) is 6.54 Å². The maximum Gasteiger partial charge on any atom is 0.112 e. The van der Waals surface area contributed by atoms with Gasteiger partial charge in [0.15, 0.2) is 0 Å². The van der Waals surface area contributed by atoms with E-state index >= 15 is 0 Å². The first kappa shape index (κ1) is 15.5. The van der Waals surface area contributed by atoms with Crippen molar-refractivity contribution in [3.63, 3.8) is 0 Å². The highest BCUT2D eigenvalue weighted by molar-refractivity contribution is 6.89. The Kier molecular flexibility index (Phi) is 5.19. The first-order valence-electron chi connectivity index (χ1n) is 6.78. The normalized spacial score (nSPS) is 12.8. The monoisotopic (exact) mass is 280 g/mol. The second-order valence-electron chi connectivity index (χ2n) is 6.79. The lowest BCUT2D eigenvalue weighted by atomic mass is 10.3. The summed E-state index contributed by atoms with van der Waals surface area (Å²) in [4.78, 5) is 0. The third-order valence-corrected chi connectivity index (χ3v) is 10.8. The van der Waals surface area contributed by atoms with Crippen molar-refractivity contribution in [1.29, 1.82) is 0 Å². The van der Waals surface area contributed by atoms with Gasteiger partial charge in [0.2, 0.25) is 0 Å². The van der Waals surface area contributed by atoms with E-state index in [1.54, 1.807) is 0 Å². The van der Waals surface area contributed by atoms with Gasteiger partial charge in [-0.05, 0) is 12.1 Å². The van der Waals surface area contributed by atoms with Crippen LogP contribution in [-0.4, -0.2) is 33.8 Å². The van der Waals surface area contributed by atoms with Crippen LogP contribution in [0.3, 0.4) is 0 Å². The van der Waals surface area contributed by atoms with E-state index in [1.807, 2.05) is 0 Å². The van der Waals surface area contributed by atoms with E-state index in [4.69, 9.17) is 0 Å². The molecule has 1 aromatic rings. The smallest absolute Gasteiger partial charge is 0.112 e. The molecular weight excluding hydrogens is 252 g/mol. The Bertz CT molecular complexity index is 338. The molecule has 0 spiro atoms. The molecule has 0 heterocycles. The topological polar surface area (TPSA) is 15.3 Å². The van der Waals surface area contributed by atoms with Gasteiger partial charge in [-0.15, -0.1) is 0 Å². The Morgan fingerprint density at radius 3 is 1.83 bits per heavy atom. The minimum atomic E-state index is -1.21. The molecule has 0 radical (unpaired) electrons. The second-order valence-corrected chi connectivity index (χ2v) is 17.0. The molecule has 0 aliphatic carbocycles. The zero-order valence-electron chi connectivity index (χ0n) is 12.7. The molecule has 0 atom stereocenters. The fraction of sp³-hybridized carbons (Fsp3) is 0.571. The minimum Gasteiger partial charge on any atom is -0.384 e. The first-order valence-corrected chi connectivity index (χ1v) is 13.7. The van der Waals surface area contributed by atoms with Crippen molar-refractivity contribution in [2.45, 2.75) is 39.3 Å². The maximum atomic E-state index is 3.52. The summed E-state index contributed by atoms with van der Waals surface area (Å²) in [5.74, 6) is 0. The molecule has 1 aromatic carbocycles. The summed E-state index contributed by atoms with van der Waals surface area (Å²) in [5, 5.41) is 3.52. The van der Waals surface area contributed by atoms with Crippen molar-refractivity contribution < 1.29 is 0 Å². The number of benzene rings is 1. The molecule has 2 nitrogen and oxygen atoms in total. The van der Waals surface area contributed by atoms with Crippen molar-refractivity contribution >= 4 is 22.2 Å². The molecule has 0 saturated heterocycles. The number of rotatable bonds is 6. The van der Waals surface area contributed by atoms with Crippen LogP contribution in [0, 0.1) is 0 Å². The van der Waals surface area contributed by atoms with Crippen LogP contribution >= 0.6 is 0 Å². The SMILES string of the molecule is C[Si](C)(C)N(CCNc1ccccc1)[Si](C)(C)C. The predicted octanol–water partition coefficient (Wildman–Crippen LogP) is 4.07. The van der Waals surface area contributed by atoms with Gasteiger partial charge >= 0.3 is 0 Å². The lowest BCUT2D eigenvalue weighted by Crippen LogP contribution is -2.60. The largest absolute Gasteiger partial charge is 0.384 e. The molecule has 18 heavy (non-hydrogen) atoms. The minimum absolute atomic E-state index is 1.04. The zero-order chi connectivity index (χ0) is 13.8. The Morgan fingerprint density at radius 1 is 0.889 bits per heavy atom.